The predicted molar refractivity (Wildman–Crippen MR) is 222 cm³/mol. The molecule has 2 fully saturated rings. The maximum Gasteiger partial charge on any atom is 0.252 e. The molecule has 3 aromatic carbocycles. The molecule has 300 valence electrons. The first-order chi connectivity index (χ1) is 28.4. The number of likely N-dealkylation sites (tertiary alicyclic amines) is 2. The lowest BCUT2D eigenvalue weighted by Gasteiger charge is -2.30. The standard InChI is InChI=1S/C44H50N10O4/c1-28(2)38(52-44-45-21-22-46-44)42(55)53-23-7-11-36(53)40-47-25-34(50-40)31-17-13-29(14-18-31)30-15-19-32(20-16-30)35-26-48-41(51-35)37-12-8-24-54(37)43(56)39(49-27-58-57-3)33-9-5-4-6-10-33/h4-6,9-10,13-20,25-28,36-39H,7-8,11-12,21-24H2,1-3H3,(H,47,50)(H,48,51)(H2,45,46,52)/t36-,37-,38-,39+/m0/s1. The fourth-order valence-electron chi connectivity index (χ4n) is 8.17. The van der Waals surface area contributed by atoms with Crippen molar-refractivity contribution < 1.29 is 19.4 Å². The summed E-state index contributed by atoms with van der Waals surface area (Å²) >= 11 is 0. The minimum Gasteiger partial charge on any atom is -0.355 e. The van der Waals surface area contributed by atoms with Crippen molar-refractivity contribution >= 4 is 24.2 Å². The van der Waals surface area contributed by atoms with E-state index >= 15 is 0 Å². The molecule has 0 bridgehead atoms. The van der Waals surface area contributed by atoms with Gasteiger partial charge in [-0.05, 0) is 59.4 Å². The second kappa shape index (κ2) is 17.5. The van der Waals surface area contributed by atoms with Crippen LogP contribution in [0.2, 0.25) is 0 Å². The van der Waals surface area contributed by atoms with E-state index in [1.165, 1.54) is 13.5 Å². The number of amides is 2. The number of benzene rings is 3. The number of aromatic nitrogens is 4. The minimum atomic E-state index is -0.758. The van der Waals surface area contributed by atoms with E-state index in [1.807, 2.05) is 52.5 Å². The highest BCUT2D eigenvalue weighted by Crippen LogP contribution is 2.36. The van der Waals surface area contributed by atoms with Gasteiger partial charge in [-0.15, -0.1) is 0 Å². The number of guanidine groups is 1. The Hall–Kier alpha value is -6.28. The van der Waals surface area contributed by atoms with Crippen molar-refractivity contribution in [3.05, 3.63) is 108 Å². The molecule has 0 spiro atoms. The van der Waals surface area contributed by atoms with Crippen LogP contribution in [0.15, 0.2) is 101 Å². The Morgan fingerprint density at radius 1 is 0.793 bits per heavy atom. The van der Waals surface area contributed by atoms with Gasteiger partial charge in [0.2, 0.25) is 12.3 Å². The topological polar surface area (TPSA) is 165 Å². The summed E-state index contributed by atoms with van der Waals surface area (Å²) in [4.78, 5) is 66.4. The van der Waals surface area contributed by atoms with Crippen molar-refractivity contribution in [3.8, 4) is 33.6 Å². The zero-order chi connectivity index (χ0) is 40.0. The summed E-state index contributed by atoms with van der Waals surface area (Å²) < 4.78 is 0. The summed E-state index contributed by atoms with van der Waals surface area (Å²) in [6, 6.07) is 24.9. The maximum absolute atomic E-state index is 13.9. The number of nitrogens with one attached hydrogen (secondary N) is 4. The van der Waals surface area contributed by atoms with Crippen LogP contribution in [0.25, 0.3) is 33.6 Å². The van der Waals surface area contributed by atoms with Crippen molar-refractivity contribution in [3.63, 3.8) is 0 Å². The van der Waals surface area contributed by atoms with Crippen molar-refractivity contribution in [1.82, 2.24) is 40.4 Å². The zero-order valence-electron chi connectivity index (χ0n) is 33.1. The molecule has 8 rings (SSSR count). The monoisotopic (exact) mass is 782 g/mol. The molecule has 3 aliphatic heterocycles. The van der Waals surface area contributed by atoms with Crippen LogP contribution in [0.3, 0.4) is 0 Å². The minimum absolute atomic E-state index is 0.0799. The fraction of sp³-hybridized carbons (Fsp3) is 0.364. The largest absolute Gasteiger partial charge is 0.355 e. The van der Waals surface area contributed by atoms with Gasteiger partial charge in [0.05, 0.1) is 49.5 Å². The van der Waals surface area contributed by atoms with Gasteiger partial charge in [-0.25, -0.2) is 15.0 Å². The molecule has 2 saturated heterocycles. The van der Waals surface area contributed by atoms with E-state index in [9.17, 15) is 9.59 Å². The van der Waals surface area contributed by atoms with E-state index in [2.05, 4.69) is 97.9 Å². The molecule has 2 amide bonds. The molecule has 5 heterocycles. The fourth-order valence-corrected chi connectivity index (χ4v) is 8.17. The van der Waals surface area contributed by atoms with Crippen molar-refractivity contribution in [2.45, 2.75) is 63.7 Å². The summed E-state index contributed by atoms with van der Waals surface area (Å²) in [7, 11) is 1.39. The molecule has 4 N–H and O–H groups in total. The summed E-state index contributed by atoms with van der Waals surface area (Å²) in [5.74, 6) is 2.34. The number of aliphatic imine (C=N–C) groups is 2. The molecule has 0 aliphatic carbocycles. The molecule has 4 atom stereocenters. The smallest absolute Gasteiger partial charge is 0.252 e. The summed E-state index contributed by atoms with van der Waals surface area (Å²) in [5, 5.41) is 6.57. The Balaban J connectivity index is 0.917. The molecule has 0 unspecified atom stereocenters. The number of imidazole rings is 2. The number of rotatable bonds is 13. The van der Waals surface area contributed by atoms with E-state index < -0.39 is 6.04 Å². The highest BCUT2D eigenvalue weighted by atomic mass is 17.2. The molecule has 0 radical (unpaired) electrons. The van der Waals surface area contributed by atoms with Crippen LogP contribution in [0.5, 0.6) is 0 Å². The average Bonchev–Trinajstić information content (AvgIpc) is 4.11. The maximum atomic E-state index is 13.9. The van der Waals surface area contributed by atoms with Crippen LogP contribution in [0.1, 0.15) is 74.9 Å². The molecule has 58 heavy (non-hydrogen) atoms. The summed E-state index contributed by atoms with van der Waals surface area (Å²) in [5.41, 5.74) is 6.78. The Kier molecular flexibility index (Phi) is 11.6. The molecule has 3 aliphatic rings. The number of carbonyl (C=O) groups excluding carboxylic acids is 2. The van der Waals surface area contributed by atoms with Crippen LogP contribution in [-0.2, 0) is 19.4 Å². The van der Waals surface area contributed by atoms with Crippen LogP contribution >= 0.6 is 0 Å². The van der Waals surface area contributed by atoms with E-state index in [0.29, 0.717) is 19.0 Å². The van der Waals surface area contributed by atoms with Crippen molar-refractivity contribution in [2.24, 2.45) is 15.9 Å². The Morgan fingerprint density at radius 2 is 1.34 bits per heavy atom. The SMILES string of the molecule is COOC=N[C@@H](C(=O)N1CCC[C@H]1c1ncc(-c2ccc(-c3ccc(-c4cnc([C@@H]5CCCN5C(=O)[C@@H](NC5=NCCN5)C(C)C)[nH]4)cc3)cc2)[nH]1)c1ccccc1. The van der Waals surface area contributed by atoms with E-state index in [4.69, 9.17) is 14.9 Å². The zero-order valence-corrected chi connectivity index (χ0v) is 33.1. The van der Waals surface area contributed by atoms with Gasteiger partial charge in [-0.2, -0.15) is 4.89 Å². The van der Waals surface area contributed by atoms with Gasteiger partial charge in [0, 0.05) is 19.6 Å². The summed E-state index contributed by atoms with van der Waals surface area (Å²) in [6.07, 6.45) is 8.34. The molecular weight excluding hydrogens is 733 g/mol. The van der Waals surface area contributed by atoms with Gasteiger partial charge < -0.3 is 35.3 Å². The van der Waals surface area contributed by atoms with Gasteiger partial charge >= 0.3 is 0 Å². The third-order valence-electron chi connectivity index (χ3n) is 11.2. The second-order valence-corrected chi connectivity index (χ2v) is 15.3. The van der Waals surface area contributed by atoms with Crippen LogP contribution in [0.4, 0.5) is 0 Å². The normalized spacial score (nSPS) is 19.1. The van der Waals surface area contributed by atoms with Gasteiger partial charge in [0.1, 0.15) is 17.7 Å². The van der Waals surface area contributed by atoms with Crippen molar-refractivity contribution in [1.29, 1.82) is 0 Å². The number of hydrogen-bond donors (Lipinski definition) is 4. The first-order valence-electron chi connectivity index (χ1n) is 20.1. The third-order valence-corrected chi connectivity index (χ3v) is 11.2. The number of H-pyrrole nitrogens is 2. The lowest BCUT2D eigenvalue weighted by molar-refractivity contribution is -0.188. The van der Waals surface area contributed by atoms with E-state index in [-0.39, 0.29) is 35.9 Å². The molecule has 2 aromatic heterocycles. The van der Waals surface area contributed by atoms with Gasteiger partial charge in [-0.1, -0.05) is 92.7 Å². The van der Waals surface area contributed by atoms with Gasteiger partial charge in [0.25, 0.3) is 5.91 Å². The highest BCUT2D eigenvalue weighted by molar-refractivity contribution is 5.90. The Bertz CT molecular complexity index is 2230. The first kappa shape index (κ1) is 38.6. The number of carbonyl (C=O) groups is 2. The summed E-state index contributed by atoms with van der Waals surface area (Å²) in [6.45, 7) is 6.95. The van der Waals surface area contributed by atoms with Crippen LogP contribution in [-0.4, -0.2) is 93.2 Å². The lowest BCUT2D eigenvalue weighted by atomic mass is 10.0. The third kappa shape index (κ3) is 8.23. The number of hydrogen-bond acceptors (Lipinski definition) is 10. The Labute approximate surface area is 338 Å². The second-order valence-electron chi connectivity index (χ2n) is 15.3. The average molecular weight is 783 g/mol. The predicted octanol–water partition coefficient (Wildman–Crippen LogP) is 6.38. The lowest BCUT2D eigenvalue weighted by Crippen LogP contribution is -2.53. The van der Waals surface area contributed by atoms with Crippen LogP contribution < -0.4 is 10.6 Å². The van der Waals surface area contributed by atoms with E-state index in [0.717, 1.165) is 89.6 Å². The quantitative estimate of drug-likeness (QED) is 0.0463. The van der Waals surface area contributed by atoms with Gasteiger partial charge in [0.15, 0.2) is 12.0 Å². The van der Waals surface area contributed by atoms with E-state index in [1.54, 1.807) is 0 Å². The molecule has 0 saturated carbocycles. The number of nitrogens with zero attached hydrogens (tertiary/aromatic N) is 6. The number of aromatic amines is 2. The van der Waals surface area contributed by atoms with Gasteiger partial charge in [-0.3, -0.25) is 14.6 Å². The molecular formula is C44H50N10O4. The highest BCUT2D eigenvalue weighted by Gasteiger charge is 2.38. The van der Waals surface area contributed by atoms with Crippen molar-refractivity contribution in [2.75, 3.05) is 33.3 Å². The molecule has 14 heteroatoms. The molecule has 14 nitrogen and oxygen atoms in total. The Morgan fingerprint density at radius 3 is 1.86 bits per heavy atom. The molecule has 5 aromatic rings. The first-order valence-corrected chi connectivity index (χ1v) is 20.1. The van der Waals surface area contributed by atoms with Crippen LogP contribution in [0, 0.1) is 5.92 Å².